The van der Waals surface area contributed by atoms with Crippen molar-refractivity contribution in [2.24, 2.45) is 0 Å². The second-order valence-electron chi connectivity index (χ2n) is 7.26. The van der Waals surface area contributed by atoms with Gasteiger partial charge in [-0.3, -0.25) is 4.79 Å². The first kappa shape index (κ1) is 19.9. The van der Waals surface area contributed by atoms with Crippen molar-refractivity contribution in [3.63, 3.8) is 0 Å². The Balaban J connectivity index is 1.63. The number of aromatic nitrogens is 1. The predicted octanol–water partition coefficient (Wildman–Crippen LogP) is 4.44. The fraction of sp³-hybridized carbons (Fsp3) is 0.391. The predicted molar refractivity (Wildman–Crippen MR) is 111 cm³/mol. The van der Waals surface area contributed by atoms with Crippen LogP contribution in [-0.4, -0.2) is 29.1 Å². The Hall–Kier alpha value is -2.82. The van der Waals surface area contributed by atoms with E-state index in [0.717, 1.165) is 16.9 Å². The third-order valence-corrected chi connectivity index (χ3v) is 5.13. The summed E-state index contributed by atoms with van der Waals surface area (Å²) in [6.45, 7) is 8.17. The summed E-state index contributed by atoms with van der Waals surface area (Å²) in [4.78, 5) is 26.5. The number of para-hydroxylation sites is 1. The van der Waals surface area contributed by atoms with Gasteiger partial charge in [-0.2, -0.15) is 0 Å². The average Bonchev–Trinajstić information content (AvgIpc) is 3.47. The topological polar surface area (TPSA) is 51.5 Å². The van der Waals surface area contributed by atoms with Crippen LogP contribution in [0.25, 0.3) is 6.08 Å². The van der Waals surface area contributed by atoms with E-state index in [1.54, 1.807) is 17.9 Å². The Morgan fingerprint density at radius 3 is 2.54 bits per heavy atom. The molecule has 0 bridgehead atoms. The van der Waals surface area contributed by atoms with Gasteiger partial charge in [-0.15, -0.1) is 0 Å². The number of anilines is 1. The smallest absolute Gasteiger partial charge is 0.331 e. The highest BCUT2D eigenvalue weighted by atomic mass is 16.5. The summed E-state index contributed by atoms with van der Waals surface area (Å²) < 4.78 is 7.68. The van der Waals surface area contributed by atoms with Crippen LogP contribution in [0.5, 0.6) is 0 Å². The summed E-state index contributed by atoms with van der Waals surface area (Å²) >= 11 is 0. The lowest BCUT2D eigenvalue weighted by atomic mass is 10.2. The van der Waals surface area contributed by atoms with Crippen molar-refractivity contribution in [3.8, 4) is 0 Å². The summed E-state index contributed by atoms with van der Waals surface area (Å²) in [5, 5.41) is 0. The first-order chi connectivity index (χ1) is 13.4. The molecule has 1 heterocycles. The zero-order valence-corrected chi connectivity index (χ0v) is 17.0. The molecule has 2 aromatic rings. The van der Waals surface area contributed by atoms with Gasteiger partial charge in [0.2, 0.25) is 0 Å². The van der Waals surface area contributed by atoms with Gasteiger partial charge in [0.05, 0.1) is 0 Å². The maximum Gasteiger partial charge on any atom is 0.331 e. The van der Waals surface area contributed by atoms with E-state index < -0.39 is 12.1 Å². The molecule has 1 amide bonds. The van der Waals surface area contributed by atoms with Crippen molar-refractivity contribution >= 4 is 23.6 Å². The highest BCUT2D eigenvalue weighted by molar-refractivity contribution is 5.98. The molecule has 1 aromatic heterocycles. The fourth-order valence-corrected chi connectivity index (χ4v) is 3.58. The zero-order valence-electron chi connectivity index (χ0n) is 17.0. The molecule has 0 spiro atoms. The Bertz CT molecular complexity index is 879. The molecule has 1 aromatic carbocycles. The number of carbonyl (C=O) groups is 2. The monoisotopic (exact) mass is 380 g/mol. The molecule has 1 saturated carbocycles. The van der Waals surface area contributed by atoms with E-state index in [-0.39, 0.29) is 5.91 Å². The summed E-state index contributed by atoms with van der Waals surface area (Å²) in [5.41, 5.74) is 4.17. The molecule has 5 nitrogen and oxygen atoms in total. The van der Waals surface area contributed by atoms with E-state index in [1.807, 2.05) is 37.3 Å². The van der Waals surface area contributed by atoms with Gasteiger partial charge in [0, 0.05) is 35.7 Å². The molecule has 3 rings (SSSR count). The second-order valence-corrected chi connectivity index (χ2v) is 7.26. The van der Waals surface area contributed by atoms with Crippen molar-refractivity contribution in [1.29, 1.82) is 0 Å². The number of ether oxygens (including phenoxy) is 1. The van der Waals surface area contributed by atoms with Crippen LogP contribution in [0.3, 0.4) is 0 Å². The molecular weight excluding hydrogens is 352 g/mol. The lowest BCUT2D eigenvalue weighted by Gasteiger charge is -2.24. The van der Waals surface area contributed by atoms with Crippen molar-refractivity contribution in [2.45, 2.75) is 52.7 Å². The van der Waals surface area contributed by atoms with Gasteiger partial charge in [-0.1, -0.05) is 18.2 Å². The normalized spacial score (nSPS) is 14.9. The molecule has 0 radical (unpaired) electrons. The van der Waals surface area contributed by atoms with E-state index >= 15 is 0 Å². The van der Waals surface area contributed by atoms with E-state index in [4.69, 9.17) is 4.74 Å². The van der Waals surface area contributed by atoms with Crippen LogP contribution >= 0.6 is 0 Å². The van der Waals surface area contributed by atoms with Gasteiger partial charge in [-0.05, 0) is 70.4 Å². The van der Waals surface area contributed by atoms with Crippen LogP contribution in [0.15, 0.2) is 42.5 Å². The molecule has 1 fully saturated rings. The number of rotatable bonds is 7. The number of carbonyl (C=O) groups excluding carboxylic acids is 2. The largest absolute Gasteiger partial charge is 0.449 e. The summed E-state index contributed by atoms with van der Waals surface area (Å²) in [7, 11) is 0. The highest BCUT2D eigenvalue weighted by Gasteiger charge is 2.27. The standard InChI is InChI=1S/C23H28N2O3/c1-5-24(20-9-7-6-8-10-20)23(27)18(4)28-22(26)14-11-19-15-16(2)25(17(19)3)21-12-13-21/h6-11,14-15,18,21H,5,12-13H2,1-4H3/b14-11+/t18-/m0/s1. The Labute approximate surface area is 166 Å². The number of nitrogens with zero attached hydrogens (tertiary/aromatic N) is 2. The van der Waals surface area contributed by atoms with Crippen LogP contribution in [-0.2, 0) is 14.3 Å². The molecule has 1 aliphatic carbocycles. The molecule has 0 unspecified atom stereocenters. The average molecular weight is 380 g/mol. The lowest BCUT2D eigenvalue weighted by molar-refractivity contribution is -0.149. The number of aryl methyl sites for hydroxylation is 1. The summed E-state index contributed by atoms with van der Waals surface area (Å²) in [6, 6.07) is 12.1. The van der Waals surface area contributed by atoms with E-state index in [9.17, 15) is 9.59 Å². The van der Waals surface area contributed by atoms with Crippen LogP contribution in [0.2, 0.25) is 0 Å². The zero-order chi connectivity index (χ0) is 20.3. The molecule has 28 heavy (non-hydrogen) atoms. The quantitative estimate of drug-likeness (QED) is 0.527. The van der Waals surface area contributed by atoms with Gasteiger partial charge < -0.3 is 14.2 Å². The van der Waals surface area contributed by atoms with Gasteiger partial charge in [0.1, 0.15) is 0 Å². The van der Waals surface area contributed by atoms with Crippen molar-refractivity contribution < 1.29 is 14.3 Å². The van der Waals surface area contributed by atoms with Crippen molar-refractivity contribution in [3.05, 3.63) is 59.4 Å². The third-order valence-electron chi connectivity index (χ3n) is 5.13. The van der Waals surface area contributed by atoms with Crippen molar-refractivity contribution in [2.75, 3.05) is 11.4 Å². The molecule has 5 heteroatoms. The SMILES string of the molecule is CCN(C(=O)[C@H](C)OC(=O)/C=C/c1cc(C)n(C2CC2)c1C)c1ccccc1. The van der Waals surface area contributed by atoms with Gasteiger partial charge in [-0.25, -0.2) is 4.79 Å². The number of hydrogen-bond donors (Lipinski definition) is 0. The van der Waals surface area contributed by atoms with Gasteiger partial charge in [0.15, 0.2) is 6.10 Å². The number of likely N-dealkylation sites (N-methyl/N-ethyl adjacent to an activating group) is 1. The number of esters is 1. The van der Waals surface area contributed by atoms with E-state index in [2.05, 4.69) is 24.5 Å². The van der Waals surface area contributed by atoms with Crippen LogP contribution in [0.1, 0.15) is 49.7 Å². The molecular formula is C23H28N2O3. The minimum atomic E-state index is -0.851. The van der Waals surface area contributed by atoms with Crippen LogP contribution in [0.4, 0.5) is 5.69 Å². The molecule has 148 valence electrons. The number of amides is 1. The Morgan fingerprint density at radius 2 is 1.93 bits per heavy atom. The molecule has 1 aliphatic rings. The number of benzene rings is 1. The van der Waals surface area contributed by atoms with Gasteiger partial charge >= 0.3 is 5.97 Å². The van der Waals surface area contributed by atoms with E-state index in [0.29, 0.717) is 12.6 Å². The first-order valence-electron chi connectivity index (χ1n) is 9.86. The summed E-state index contributed by atoms with van der Waals surface area (Å²) in [6.07, 6.45) is 4.76. The van der Waals surface area contributed by atoms with E-state index in [1.165, 1.54) is 24.6 Å². The molecule has 0 N–H and O–H groups in total. The number of hydrogen-bond acceptors (Lipinski definition) is 3. The minimum Gasteiger partial charge on any atom is -0.449 e. The second kappa shape index (κ2) is 8.46. The third kappa shape index (κ3) is 4.35. The fourth-order valence-electron chi connectivity index (χ4n) is 3.58. The van der Waals surface area contributed by atoms with Crippen LogP contribution < -0.4 is 4.90 Å². The first-order valence-corrected chi connectivity index (χ1v) is 9.86. The molecule has 0 saturated heterocycles. The van der Waals surface area contributed by atoms with Gasteiger partial charge in [0.25, 0.3) is 5.91 Å². The molecule has 0 aliphatic heterocycles. The maximum absolute atomic E-state index is 12.7. The highest BCUT2D eigenvalue weighted by Crippen LogP contribution is 2.38. The molecule has 1 atom stereocenters. The van der Waals surface area contributed by atoms with Crippen molar-refractivity contribution in [1.82, 2.24) is 4.57 Å². The Morgan fingerprint density at radius 1 is 1.25 bits per heavy atom. The Kier molecular flexibility index (Phi) is 6.02. The minimum absolute atomic E-state index is 0.234. The summed E-state index contributed by atoms with van der Waals surface area (Å²) in [5.74, 6) is -0.747. The maximum atomic E-state index is 12.7. The lowest BCUT2D eigenvalue weighted by Crippen LogP contribution is -2.39. The van der Waals surface area contributed by atoms with Crippen LogP contribution in [0, 0.1) is 13.8 Å².